The van der Waals surface area contributed by atoms with Crippen LogP contribution in [0.2, 0.25) is 0 Å². The van der Waals surface area contributed by atoms with Crippen molar-refractivity contribution in [3.05, 3.63) is 0 Å². The molecule has 0 fully saturated rings. The molecule has 7 heteroatoms. The molecule has 0 N–H and O–H groups in total. The van der Waals surface area contributed by atoms with E-state index in [1.807, 2.05) is 0 Å². The minimum absolute atomic E-state index is 0.322. The molecular formula is C27H52O7. The summed E-state index contributed by atoms with van der Waals surface area (Å²) in [5.74, 6) is 2.40. The molecule has 0 aromatic rings. The molecule has 0 heterocycles. The number of rotatable bonds is 30. The molecule has 34 heavy (non-hydrogen) atoms. The second-order valence-electron chi connectivity index (χ2n) is 8.11. The van der Waals surface area contributed by atoms with Gasteiger partial charge in [0.25, 0.3) is 0 Å². The SMILES string of the molecule is C#CCOCCOCCOCCOCCOCCOCCOCCCCCCCCCCCC. The van der Waals surface area contributed by atoms with Gasteiger partial charge in [-0.1, -0.05) is 70.6 Å². The number of terminal acetylenes is 1. The maximum Gasteiger partial charge on any atom is 0.107 e. The molecule has 0 spiro atoms. The summed E-state index contributed by atoms with van der Waals surface area (Å²) >= 11 is 0. The molecule has 0 radical (unpaired) electrons. The van der Waals surface area contributed by atoms with Gasteiger partial charge in [0.15, 0.2) is 0 Å². The van der Waals surface area contributed by atoms with Crippen molar-refractivity contribution in [2.24, 2.45) is 0 Å². The van der Waals surface area contributed by atoms with Crippen molar-refractivity contribution in [1.82, 2.24) is 0 Å². The third-order valence-electron chi connectivity index (χ3n) is 5.06. The number of unbranched alkanes of at least 4 members (excludes halogenated alkanes) is 9. The summed E-state index contributed by atoms with van der Waals surface area (Å²) in [7, 11) is 0. The molecule has 0 bridgehead atoms. The van der Waals surface area contributed by atoms with Crippen molar-refractivity contribution in [2.45, 2.75) is 71.1 Å². The van der Waals surface area contributed by atoms with Gasteiger partial charge in [0.1, 0.15) is 6.61 Å². The summed E-state index contributed by atoms with van der Waals surface area (Å²) in [6.45, 7) is 10.1. The van der Waals surface area contributed by atoms with E-state index in [9.17, 15) is 0 Å². The Balaban J connectivity index is 3.00. The Morgan fingerprint density at radius 1 is 0.382 bits per heavy atom. The van der Waals surface area contributed by atoms with Crippen molar-refractivity contribution < 1.29 is 33.2 Å². The Morgan fingerprint density at radius 2 is 0.676 bits per heavy atom. The quantitative estimate of drug-likeness (QED) is 0.108. The van der Waals surface area contributed by atoms with Crippen LogP contribution in [0, 0.1) is 12.3 Å². The van der Waals surface area contributed by atoms with Crippen LogP contribution in [0.25, 0.3) is 0 Å². The highest BCUT2D eigenvalue weighted by atomic mass is 16.6. The van der Waals surface area contributed by atoms with E-state index < -0.39 is 0 Å². The van der Waals surface area contributed by atoms with Crippen molar-refractivity contribution in [3.8, 4) is 12.3 Å². The number of hydrogen-bond donors (Lipinski definition) is 0. The third-order valence-corrected chi connectivity index (χ3v) is 5.06. The van der Waals surface area contributed by atoms with Crippen molar-refractivity contribution >= 4 is 0 Å². The molecule has 0 aliphatic heterocycles. The molecule has 0 atom stereocenters. The van der Waals surface area contributed by atoms with E-state index in [1.165, 1.54) is 57.8 Å². The lowest BCUT2D eigenvalue weighted by Gasteiger charge is -2.08. The average molecular weight is 489 g/mol. The molecule has 0 aromatic carbocycles. The van der Waals surface area contributed by atoms with Crippen LogP contribution >= 0.6 is 0 Å². The summed E-state index contributed by atoms with van der Waals surface area (Å²) < 4.78 is 37.9. The predicted octanol–water partition coefficient (Wildman–Crippen LogP) is 4.66. The van der Waals surface area contributed by atoms with Crippen molar-refractivity contribution in [1.29, 1.82) is 0 Å². The predicted molar refractivity (Wildman–Crippen MR) is 136 cm³/mol. The molecule has 0 saturated carbocycles. The highest BCUT2D eigenvalue weighted by Gasteiger charge is 1.96. The molecule has 0 aromatic heterocycles. The van der Waals surface area contributed by atoms with Gasteiger partial charge in [-0.3, -0.25) is 0 Å². The van der Waals surface area contributed by atoms with Gasteiger partial charge >= 0.3 is 0 Å². The zero-order valence-electron chi connectivity index (χ0n) is 21.9. The Morgan fingerprint density at radius 3 is 1.03 bits per heavy atom. The van der Waals surface area contributed by atoms with Crippen LogP contribution in [0.15, 0.2) is 0 Å². The molecule has 0 rings (SSSR count). The van der Waals surface area contributed by atoms with Gasteiger partial charge in [0.2, 0.25) is 0 Å². The van der Waals surface area contributed by atoms with Gasteiger partial charge in [0, 0.05) is 6.61 Å². The lowest BCUT2D eigenvalue weighted by molar-refractivity contribution is -0.0197. The summed E-state index contributed by atoms with van der Waals surface area (Å²) in [5, 5.41) is 0. The van der Waals surface area contributed by atoms with Crippen LogP contribution in [0.4, 0.5) is 0 Å². The highest BCUT2D eigenvalue weighted by Crippen LogP contribution is 2.10. The number of ether oxygens (including phenoxy) is 7. The van der Waals surface area contributed by atoms with E-state index in [1.54, 1.807) is 0 Å². The van der Waals surface area contributed by atoms with Gasteiger partial charge in [-0.25, -0.2) is 0 Å². The monoisotopic (exact) mass is 488 g/mol. The lowest BCUT2D eigenvalue weighted by atomic mass is 10.1. The fraction of sp³-hybridized carbons (Fsp3) is 0.926. The molecule has 7 nitrogen and oxygen atoms in total. The highest BCUT2D eigenvalue weighted by molar-refractivity contribution is 4.82. The van der Waals surface area contributed by atoms with E-state index in [0.717, 1.165) is 13.0 Å². The summed E-state index contributed by atoms with van der Waals surface area (Å²) in [6.07, 6.45) is 18.5. The van der Waals surface area contributed by atoms with Crippen LogP contribution in [0.1, 0.15) is 71.1 Å². The molecule has 0 amide bonds. The van der Waals surface area contributed by atoms with Crippen molar-refractivity contribution in [2.75, 3.05) is 92.5 Å². The third kappa shape index (κ3) is 31.3. The van der Waals surface area contributed by atoms with Gasteiger partial charge in [-0.2, -0.15) is 0 Å². The Bertz CT molecular complexity index is 401. The topological polar surface area (TPSA) is 64.6 Å². The van der Waals surface area contributed by atoms with Crippen LogP contribution in [0.5, 0.6) is 0 Å². The van der Waals surface area contributed by atoms with Gasteiger partial charge < -0.3 is 33.2 Å². The van der Waals surface area contributed by atoms with Gasteiger partial charge in [-0.05, 0) is 6.42 Å². The normalized spacial score (nSPS) is 11.2. The van der Waals surface area contributed by atoms with E-state index in [0.29, 0.717) is 85.9 Å². The maximum absolute atomic E-state index is 5.62. The molecule has 0 aliphatic rings. The van der Waals surface area contributed by atoms with Gasteiger partial charge in [0.05, 0.1) is 79.3 Å². The van der Waals surface area contributed by atoms with Gasteiger partial charge in [-0.15, -0.1) is 6.42 Å². The second kappa shape index (κ2) is 32.3. The first-order valence-electron chi connectivity index (χ1n) is 13.4. The fourth-order valence-electron chi connectivity index (χ4n) is 3.14. The van der Waals surface area contributed by atoms with E-state index >= 15 is 0 Å². The molecular weight excluding hydrogens is 436 g/mol. The lowest BCUT2D eigenvalue weighted by Crippen LogP contribution is -2.14. The molecule has 0 unspecified atom stereocenters. The smallest absolute Gasteiger partial charge is 0.107 e. The summed E-state index contributed by atoms with van der Waals surface area (Å²) in [6, 6.07) is 0. The first-order chi connectivity index (χ1) is 16.9. The van der Waals surface area contributed by atoms with Crippen LogP contribution in [-0.2, 0) is 33.2 Å². The minimum Gasteiger partial charge on any atom is -0.379 e. The minimum atomic E-state index is 0.322. The average Bonchev–Trinajstić information content (AvgIpc) is 2.85. The second-order valence-corrected chi connectivity index (χ2v) is 8.11. The maximum atomic E-state index is 5.62. The Labute approximate surface area is 209 Å². The van der Waals surface area contributed by atoms with Crippen molar-refractivity contribution in [3.63, 3.8) is 0 Å². The standard InChI is InChI=1S/C27H52O7/c1-3-5-6-7-8-9-10-11-12-13-15-29-17-19-31-21-23-33-25-27-34-26-24-32-22-20-30-18-16-28-14-4-2/h2H,3,5-27H2,1H3. The zero-order chi connectivity index (χ0) is 24.6. The number of hydrogen-bond acceptors (Lipinski definition) is 7. The Kier molecular flexibility index (Phi) is 31.6. The first-order valence-corrected chi connectivity index (χ1v) is 13.4. The summed E-state index contributed by atoms with van der Waals surface area (Å²) in [5.41, 5.74) is 0. The summed E-state index contributed by atoms with van der Waals surface area (Å²) in [4.78, 5) is 0. The van der Waals surface area contributed by atoms with E-state index in [4.69, 9.17) is 39.6 Å². The van der Waals surface area contributed by atoms with E-state index in [2.05, 4.69) is 12.8 Å². The van der Waals surface area contributed by atoms with Crippen LogP contribution < -0.4 is 0 Å². The van der Waals surface area contributed by atoms with Crippen LogP contribution in [-0.4, -0.2) is 92.5 Å². The molecule has 202 valence electrons. The largest absolute Gasteiger partial charge is 0.379 e. The molecule has 0 saturated heterocycles. The Hall–Kier alpha value is -0.720. The first kappa shape index (κ1) is 33.3. The zero-order valence-corrected chi connectivity index (χ0v) is 21.9. The van der Waals surface area contributed by atoms with E-state index in [-0.39, 0.29) is 0 Å². The fourth-order valence-corrected chi connectivity index (χ4v) is 3.14. The molecule has 0 aliphatic carbocycles. The van der Waals surface area contributed by atoms with Crippen LogP contribution in [0.3, 0.4) is 0 Å².